The fraction of sp³-hybridized carbons (Fsp3) is 0.286. The van der Waals surface area contributed by atoms with Crippen molar-refractivity contribution < 1.29 is 26.2 Å². The molecule has 1 atom stereocenters. The predicted molar refractivity (Wildman–Crippen MR) is 90.1 cm³/mol. The minimum atomic E-state index is 0. The van der Waals surface area contributed by atoms with Crippen LogP contribution in [0.4, 0.5) is 0 Å². The molecule has 1 heteroatoms. The minimum absolute atomic E-state index is 0. The summed E-state index contributed by atoms with van der Waals surface area (Å²) in [5, 5.41) is 2.92. The number of hydrogen-bond donors (Lipinski definition) is 0. The van der Waals surface area contributed by atoms with Gasteiger partial charge in [0.25, 0.3) is 0 Å². The van der Waals surface area contributed by atoms with E-state index in [-0.39, 0.29) is 26.2 Å². The van der Waals surface area contributed by atoms with Crippen molar-refractivity contribution in [3.05, 3.63) is 76.9 Å². The minimum Gasteiger partial charge on any atom is -0.153 e. The molecule has 0 radical (unpaired) electrons. The van der Waals surface area contributed by atoms with Gasteiger partial charge >= 0.3 is 0 Å². The first kappa shape index (κ1) is 15.8. The maximum absolute atomic E-state index is 2.46. The first-order valence-electron chi connectivity index (χ1n) is 8.06. The summed E-state index contributed by atoms with van der Waals surface area (Å²) in [5.74, 6) is 0.574. The van der Waals surface area contributed by atoms with Gasteiger partial charge in [0.2, 0.25) is 0 Å². The molecule has 1 aliphatic rings. The Morgan fingerprint density at radius 3 is 2.55 bits per heavy atom. The number of rotatable bonds is 3. The van der Waals surface area contributed by atoms with Gasteiger partial charge in [-0.25, -0.2) is 0 Å². The molecule has 0 nitrogen and oxygen atoms in total. The summed E-state index contributed by atoms with van der Waals surface area (Å²) >= 11 is 0. The van der Waals surface area contributed by atoms with Gasteiger partial charge in [-0.15, -0.1) is 35.0 Å². The van der Waals surface area contributed by atoms with Gasteiger partial charge in [0.15, 0.2) is 0 Å². The van der Waals surface area contributed by atoms with Crippen molar-refractivity contribution in [1.82, 2.24) is 0 Å². The topological polar surface area (TPSA) is 0 Å². The molecule has 0 aliphatic heterocycles. The van der Waals surface area contributed by atoms with E-state index in [1.165, 1.54) is 41.2 Å². The maximum atomic E-state index is 2.46. The van der Waals surface area contributed by atoms with E-state index in [1.807, 2.05) is 0 Å². The van der Waals surface area contributed by atoms with Gasteiger partial charge in [0.05, 0.1) is 0 Å². The van der Waals surface area contributed by atoms with Crippen LogP contribution in [0.5, 0.6) is 0 Å². The fourth-order valence-electron chi connectivity index (χ4n) is 3.75. The van der Waals surface area contributed by atoms with Gasteiger partial charge in [0, 0.05) is 26.2 Å². The molecule has 1 aliphatic carbocycles. The summed E-state index contributed by atoms with van der Waals surface area (Å²) in [4.78, 5) is 0. The Kier molecular flexibility index (Phi) is 4.74. The van der Waals surface area contributed by atoms with E-state index in [0.29, 0.717) is 5.92 Å². The summed E-state index contributed by atoms with van der Waals surface area (Å²) in [6.45, 7) is 2.33. The average Bonchev–Trinajstić information content (AvgIpc) is 3.13. The molecule has 0 saturated heterocycles. The van der Waals surface area contributed by atoms with E-state index >= 15 is 0 Å². The fourth-order valence-corrected chi connectivity index (χ4v) is 3.75. The second-order valence-electron chi connectivity index (χ2n) is 6.44. The largest absolute Gasteiger partial charge is 0.153 e. The van der Waals surface area contributed by atoms with Crippen molar-refractivity contribution in [2.45, 2.75) is 38.5 Å². The Morgan fingerprint density at radius 2 is 1.77 bits per heavy atom. The molecule has 0 saturated carbocycles. The molecule has 0 aromatic heterocycles. The molecular weight excluding hydrogens is 343 g/mol. The van der Waals surface area contributed by atoms with Crippen molar-refractivity contribution in [1.29, 1.82) is 0 Å². The van der Waals surface area contributed by atoms with Crippen molar-refractivity contribution in [2.75, 3.05) is 0 Å². The van der Waals surface area contributed by atoms with Gasteiger partial charge < -0.3 is 0 Å². The van der Waals surface area contributed by atoms with Crippen LogP contribution in [0, 0.1) is 0 Å². The Bertz CT molecular complexity index is 767. The van der Waals surface area contributed by atoms with Crippen LogP contribution in [0.3, 0.4) is 0 Å². The second-order valence-corrected chi connectivity index (χ2v) is 6.44. The van der Waals surface area contributed by atoms with E-state index in [2.05, 4.69) is 61.5 Å². The maximum Gasteiger partial charge on any atom is 0 e. The average molecular weight is 365 g/mol. The van der Waals surface area contributed by atoms with E-state index in [4.69, 9.17) is 0 Å². The van der Waals surface area contributed by atoms with Crippen molar-refractivity contribution in [3.8, 4) is 0 Å². The third-order valence-corrected chi connectivity index (χ3v) is 4.97. The Morgan fingerprint density at radius 1 is 1.05 bits per heavy atom. The van der Waals surface area contributed by atoms with Gasteiger partial charge in [-0.3, -0.25) is 0 Å². The molecule has 0 bridgehead atoms. The molecule has 1 unspecified atom stereocenters. The smallest absolute Gasteiger partial charge is 0 e. The molecule has 110 valence electrons. The van der Waals surface area contributed by atoms with Crippen LogP contribution in [0.25, 0.3) is 10.8 Å². The van der Waals surface area contributed by atoms with E-state index in [1.54, 1.807) is 11.1 Å². The molecule has 3 aromatic rings. The van der Waals surface area contributed by atoms with Gasteiger partial charge in [-0.2, -0.15) is 5.56 Å². The summed E-state index contributed by atoms with van der Waals surface area (Å²) < 4.78 is 0. The van der Waals surface area contributed by atoms with E-state index in [9.17, 15) is 0 Å². The molecule has 4 rings (SSSR count). The van der Waals surface area contributed by atoms with Crippen molar-refractivity contribution in [3.63, 3.8) is 0 Å². The van der Waals surface area contributed by atoms with Crippen LogP contribution in [0.15, 0.2) is 54.6 Å². The van der Waals surface area contributed by atoms with Gasteiger partial charge in [-0.1, -0.05) is 54.8 Å². The summed E-state index contributed by atoms with van der Waals surface area (Å²) in [5.41, 5.74) is 6.11. The van der Waals surface area contributed by atoms with Crippen LogP contribution in [0.1, 0.15) is 41.5 Å². The van der Waals surface area contributed by atoms with Crippen LogP contribution in [0.2, 0.25) is 0 Å². The van der Waals surface area contributed by atoms with Crippen LogP contribution in [-0.4, -0.2) is 0 Å². The number of aryl methyl sites for hydroxylation is 2. The molecule has 0 heterocycles. The molecule has 0 amide bonds. The van der Waals surface area contributed by atoms with E-state index in [0.717, 1.165) is 6.42 Å². The molecular formula is C21H21Zr-. The Labute approximate surface area is 152 Å². The SMILES string of the molecule is CC(Cc1c[cH-]c2cc3c(cc12)CCC3)c1ccccc1.[Zr]. The summed E-state index contributed by atoms with van der Waals surface area (Å²) in [6.07, 6.45) is 5.00. The Hall–Kier alpha value is -1.07. The second kappa shape index (κ2) is 6.59. The van der Waals surface area contributed by atoms with Crippen molar-refractivity contribution >= 4 is 10.8 Å². The summed E-state index contributed by atoms with van der Waals surface area (Å²) in [7, 11) is 0. The Balaban J connectivity index is 0.00000144. The molecule has 3 aromatic carbocycles. The number of benzene rings is 2. The summed E-state index contributed by atoms with van der Waals surface area (Å²) in [6, 6.07) is 20.4. The normalized spacial score (nSPS) is 14.6. The van der Waals surface area contributed by atoms with Gasteiger partial charge in [0.1, 0.15) is 0 Å². The number of hydrogen-bond acceptors (Lipinski definition) is 0. The molecule has 0 fully saturated rings. The van der Waals surface area contributed by atoms with Crippen LogP contribution < -0.4 is 0 Å². The first-order valence-corrected chi connectivity index (χ1v) is 8.06. The van der Waals surface area contributed by atoms with E-state index < -0.39 is 0 Å². The predicted octanol–water partition coefficient (Wildman–Crippen LogP) is 5.39. The van der Waals surface area contributed by atoms with Gasteiger partial charge in [-0.05, 0) is 30.7 Å². The van der Waals surface area contributed by atoms with Crippen molar-refractivity contribution in [2.24, 2.45) is 0 Å². The van der Waals surface area contributed by atoms with Crippen LogP contribution >= 0.6 is 0 Å². The third kappa shape index (κ3) is 2.89. The standard InChI is InChI=1S/C21H21.Zr/c1-15(16-6-3-2-4-7-16)12-19-10-11-20-13-17-8-5-9-18(17)14-21(19)20;/h2-4,6-7,10-11,13-15H,5,8-9,12H2,1H3;/q-1;. The number of fused-ring (bicyclic) bond motifs is 2. The zero-order chi connectivity index (χ0) is 14.2. The quantitative estimate of drug-likeness (QED) is 0.547. The molecule has 0 N–H and O–H groups in total. The molecule has 22 heavy (non-hydrogen) atoms. The zero-order valence-corrected chi connectivity index (χ0v) is 15.6. The third-order valence-electron chi connectivity index (χ3n) is 4.97. The monoisotopic (exact) mass is 363 g/mol. The first-order chi connectivity index (χ1) is 10.3. The van der Waals surface area contributed by atoms with Crippen LogP contribution in [-0.2, 0) is 45.5 Å². The zero-order valence-electron chi connectivity index (χ0n) is 13.1. The molecule has 0 spiro atoms.